The number of hydrogen-bond acceptors (Lipinski definition) is 3. The Balaban J connectivity index is 2.08. The summed E-state index contributed by atoms with van der Waals surface area (Å²) in [6.07, 6.45) is 2.86. The number of rotatable bonds is 5. The Hall–Kier alpha value is -1.20. The minimum atomic E-state index is -0.950. The van der Waals surface area contributed by atoms with Crippen LogP contribution in [0.3, 0.4) is 0 Å². The lowest BCUT2D eigenvalue weighted by Crippen LogP contribution is -2.55. The van der Waals surface area contributed by atoms with E-state index in [2.05, 4.69) is 5.32 Å². The van der Waals surface area contributed by atoms with Crippen LogP contribution in [0.25, 0.3) is 0 Å². The van der Waals surface area contributed by atoms with Crippen LogP contribution in [0.15, 0.2) is 18.2 Å². The molecule has 1 aliphatic rings. The van der Waals surface area contributed by atoms with Gasteiger partial charge in [-0.25, -0.2) is 4.39 Å². The number of aliphatic hydroxyl groups is 1. The van der Waals surface area contributed by atoms with Gasteiger partial charge in [0.05, 0.1) is 6.61 Å². The van der Waals surface area contributed by atoms with E-state index in [4.69, 9.17) is 4.74 Å². The van der Waals surface area contributed by atoms with Gasteiger partial charge in [-0.1, -0.05) is 19.9 Å². The van der Waals surface area contributed by atoms with E-state index in [1.807, 2.05) is 13.8 Å². The largest absolute Gasteiger partial charge is 0.487 e. The summed E-state index contributed by atoms with van der Waals surface area (Å²) in [5.74, 6) is -1.91. The van der Waals surface area contributed by atoms with Crippen molar-refractivity contribution in [2.24, 2.45) is 0 Å². The first-order chi connectivity index (χ1) is 9.96. The molecular formula is C16H23F2NO2. The van der Waals surface area contributed by atoms with Gasteiger partial charge in [0, 0.05) is 18.0 Å². The molecule has 0 saturated heterocycles. The fourth-order valence-electron chi connectivity index (χ4n) is 3.10. The minimum Gasteiger partial charge on any atom is -0.487 e. The molecule has 0 aliphatic heterocycles. The monoisotopic (exact) mass is 299 g/mol. The Morgan fingerprint density at radius 1 is 1.43 bits per heavy atom. The molecule has 0 radical (unpaired) electrons. The van der Waals surface area contributed by atoms with Gasteiger partial charge < -0.3 is 15.2 Å². The molecule has 0 spiro atoms. The van der Waals surface area contributed by atoms with Crippen LogP contribution in [0.2, 0.25) is 0 Å². The topological polar surface area (TPSA) is 41.5 Å². The summed E-state index contributed by atoms with van der Waals surface area (Å²) in [7, 11) is 0. The van der Waals surface area contributed by atoms with E-state index < -0.39 is 17.2 Å². The predicted octanol–water partition coefficient (Wildman–Crippen LogP) is 3.02. The Labute approximate surface area is 124 Å². The molecule has 1 aromatic carbocycles. The van der Waals surface area contributed by atoms with Gasteiger partial charge in [-0.05, 0) is 31.4 Å². The third kappa shape index (κ3) is 3.92. The van der Waals surface area contributed by atoms with Crippen LogP contribution in [0, 0.1) is 11.6 Å². The van der Waals surface area contributed by atoms with E-state index in [0.29, 0.717) is 6.42 Å². The Morgan fingerprint density at radius 3 is 2.86 bits per heavy atom. The van der Waals surface area contributed by atoms with Crippen molar-refractivity contribution in [1.29, 1.82) is 0 Å². The fraction of sp³-hybridized carbons (Fsp3) is 0.625. The smallest absolute Gasteiger partial charge is 0.200 e. The van der Waals surface area contributed by atoms with Crippen molar-refractivity contribution in [1.82, 2.24) is 5.32 Å². The van der Waals surface area contributed by atoms with Gasteiger partial charge in [0.2, 0.25) is 5.82 Å². The van der Waals surface area contributed by atoms with Crippen molar-refractivity contribution in [3.63, 3.8) is 0 Å². The third-order valence-corrected chi connectivity index (χ3v) is 3.91. The normalized spacial score (nSPS) is 26.1. The molecule has 0 heterocycles. The highest BCUT2D eigenvalue weighted by atomic mass is 19.2. The summed E-state index contributed by atoms with van der Waals surface area (Å²) in [4.78, 5) is 0. The minimum absolute atomic E-state index is 0.0106. The van der Waals surface area contributed by atoms with Gasteiger partial charge in [-0.2, -0.15) is 4.39 Å². The first-order valence-electron chi connectivity index (χ1n) is 7.45. The average Bonchev–Trinajstić information content (AvgIpc) is 2.43. The van der Waals surface area contributed by atoms with Crippen molar-refractivity contribution in [2.75, 3.05) is 6.61 Å². The standard InChI is InChI=1S/C16H23F2NO2/c1-11(2)19-16(10-20)8-4-5-12(9-16)21-14-7-3-6-13(17)15(14)18/h3,6-7,11-12,19-20H,4-5,8-10H2,1-2H3. The molecule has 2 atom stereocenters. The third-order valence-electron chi connectivity index (χ3n) is 3.91. The van der Waals surface area contributed by atoms with Gasteiger partial charge >= 0.3 is 0 Å². The second kappa shape index (κ2) is 6.71. The number of benzene rings is 1. The van der Waals surface area contributed by atoms with Crippen molar-refractivity contribution in [2.45, 2.75) is 57.2 Å². The van der Waals surface area contributed by atoms with E-state index in [1.165, 1.54) is 12.1 Å². The molecule has 2 rings (SSSR count). The second-order valence-corrected chi connectivity index (χ2v) is 6.13. The van der Waals surface area contributed by atoms with Crippen molar-refractivity contribution in [3.05, 3.63) is 29.8 Å². The highest BCUT2D eigenvalue weighted by Gasteiger charge is 2.37. The highest BCUT2D eigenvalue weighted by molar-refractivity contribution is 5.25. The number of ether oxygens (including phenoxy) is 1. The number of aliphatic hydroxyl groups excluding tert-OH is 1. The summed E-state index contributed by atoms with van der Waals surface area (Å²) < 4.78 is 32.5. The molecule has 1 saturated carbocycles. The summed E-state index contributed by atoms with van der Waals surface area (Å²) >= 11 is 0. The summed E-state index contributed by atoms with van der Waals surface area (Å²) in [6.45, 7) is 4.05. The van der Waals surface area contributed by atoms with Crippen molar-refractivity contribution in [3.8, 4) is 5.75 Å². The Morgan fingerprint density at radius 2 is 2.19 bits per heavy atom. The molecule has 1 aliphatic carbocycles. The van der Waals surface area contributed by atoms with Crippen LogP contribution in [-0.2, 0) is 0 Å². The molecule has 5 heteroatoms. The average molecular weight is 299 g/mol. The van der Waals surface area contributed by atoms with Gasteiger partial charge in [0.1, 0.15) is 6.10 Å². The molecule has 0 amide bonds. The van der Waals surface area contributed by atoms with Gasteiger partial charge in [0.25, 0.3) is 0 Å². The first kappa shape index (κ1) is 16.2. The first-order valence-corrected chi connectivity index (χ1v) is 7.45. The van der Waals surface area contributed by atoms with E-state index in [9.17, 15) is 13.9 Å². The fourth-order valence-corrected chi connectivity index (χ4v) is 3.10. The van der Waals surface area contributed by atoms with E-state index >= 15 is 0 Å². The molecule has 21 heavy (non-hydrogen) atoms. The molecule has 1 fully saturated rings. The lowest BCUT2D eigenvalue weighted by Gasteiger charge is -2.41. The van der Waals surface area contributed by atoms with Crippen LogP contribution in [-0.4, -0.2) is 29.4 Å². The molecule has 3 nitrogen and oxygen atoms in total. The van der Waals surface area contributed by atoms with Crippen molar-refractivity contribution >= 4 is 0 Å². The quantitative estimate of drug-likeness (QED) is 0.878. The number of hydrogen-bond donors (Lipinski definition) is 2. The van der Waals surface area contributed by atoms with Crippen LogP contribution >= 0.6 is 0 Å². The summed E-state index contributed by atoms with van der Waals surface area (Å²) in [5.41, 5.74) is -0.402. The maximum absolute atomic E-state index is 13.7. The maximum atomic E-state index is 13.7. The van der Waals surface area contributed by atoms with Gasteiger partial charge in [-0.3, -0.25) is 0 Å². The van der Waals surface area contributed by atoms with E-state index in [-0.39, 0.29) is 24.5 Å². The lowest BCUT2D eigenvalue weighted by atomic mass is 9.80. The maximum Gasteiger partial charge on any atom is 0.200 e. The van der Waals surface area contributed by atoms with Gasteiger partial charge in [0.15, 0.2) is 11.6 Å². The number of nitrogens with one attached hydrogen (secondary N) is 1. The number of halogens is 2. The zero-order valence-corrected chi connectivity index (χ0v) is 12.5. The highest BCUT2D eigenvalue weighted by Crippen LogP contribution is 2.32. The van der Waals surface area contributed by atoms with E-state index in [0.717, 1.165) is 25.3 Å². The molecule has 1 aromatic rings. The van der Waals surface area contributed by atoms with Crippen LogP contribution < -0.4 is 10.1 Å². The summed E-state index contributed by atoms with van der Waals surface area (Å²) in [6, 6.07) is 4.18. The zero-order chi connectivity index (χ0) is 15.5. The second-order valence-electron chi connectivity index (χ2n) is 6.13. The zero-order valence-electron chi connectivity index (χ0n) is 12.5. The Bertz CT molecular complexity index is 481. The van der Waals surface area contributed by atoms with Gasteiger partial charge in [-0.15, -0.1) is 0 Å². The SMILES string of the molecule is CC(C)NC1(CO)CCCC(Oc2cccc(F)c2F)C1. The molecule has 0 aromatic heterocycles. The van der Waals surface area contributed by atoms with Crippen LogP contribution in [0.5, 0.6) is 5.75 Å². The summed E-state index contributed by atoms with van der Waals surface area (Å²) in [5, 5.41) is 13.1. The molecule has 2 N–H and O–H groups in total. The Kier molecular flexibility index (Phi) is 5.17. The van der Waals surface area contributed by atoms with E-state index in [1.54, 1.807) is 0 Å². The molecule has 2 unspecified atom stereocenters. The lowest BCUT2D eigenvalue weighted by molar-refractivity contribution is 0.0441. The molecular weight excluding hydrogens is 276 g/mol. The van der Waals surface area contributed by atoms with Crippen molar-refractivity contribution < 1.29 is 18.6 Å². The predicted molar refractivity (Wildman–Crippen MR) is 77.3 cm³/mol. The van der Waals surface area contributed by atoms with Crippen LogP contribution in [0.1, 0.15) is 39.5 Å². The molecule has 118 valence electrons. The van der Waals surface area contributed by atoms with Crippen LogP contribution in [0.4, 0.5) is 8.78 Å². The molecule has 0 bridgehead atoms.